The van der Waals surface area contributed by atoms with Crippen LogP contribution >= 0.6 is 0 Å². The van der Waals surface area contributed by atoms with Crippen LogP contribution in [0.5, 0.6) is 5.75 Å². The predicted octanol–water partition coefficient (Wildman–Crippen LogP) is 2.35. The van der Waals surface area contributed by atoms with Crippen LogP contribution in [-0.4, -0.2) is 53.3 Å². The van der Waals surface area contributed by atoms with E-state index in [0.29, 0.717) is 37.2 Å². The molecule has 27 heavy (non-hydrogen) atoms. The third-order valence-corrected chi connectivity index (χ3v) is 5.03. The van der Waals surface area contributed by atoms with Crippen molar-refractivity contribution in [1.29, 1.82) is 0 Å². The van der Waals surface area contributed by atoms with Gasteiger partial charge in [0.2, 0.25) is 5.91 Å². The quantitative estimate of drug-likeness (QED) is 0.764. The van der Waals surface area contributed by atoms with E-state index in [0.717, 1.165) is 5.75 Å². The Balaban J connectivity index is 1.33. The summed E-state index contributed by atoms with van der Waals surface area (Å²) in [5.74, 6) is 0.185. The first kappa shape index (κ1) is 17.3. The fourth-order valence-corrected chi connectivity index (χ4v) is 3.65. The van der Waals surface area contributed by atoms with Crippen molar-refractivity contribution < 1.29 is 19.1 Å². The molecule has 1 unspecified atom stereocenters. The van der Waals surface area contributed by atoms with Crippen LogP contribution < -0.4 is 4.74 Å². The molecule has 1 fully saturated rings. The molecule has 6 nitrogen and oxygen atoms in total. The summed E-state index contributed by atoms with van der Waals surface area (Å²) in [5.41, 5.74) is 0.895. The van der Waals surface area contributed by atoms with Crippen molar-refractivity contribution in [3.63, 3.8) is 0 Å². The van der Waals surface area contributed by atoms with Crippen molar-refractivity contribution in [2.24, 2.45) is 0 Å². The van der Waals surface area contributed by atoms with E-state index in [1.54, 1.807) is 29.2 Å². The van der Waals surface area contributed by atoms with Crippen LogP contribution in [0.4, 0.5) is 0 Å². The first-order valence-electron chi connectivity index (χ1n) is 9.07. The average molecular weight is 364 g/mol. The van der Waals surface area contributed by atoms with Gasteiger partial charge in [-0.15, -0.1) is 0 Å². The van der Waals surface area contributed by atoms with Gasteiger partial charge in [0.25, 0.3) is 11.8 Å². The molecule has 0 aromatic heterocycles. The topological polar surface area (TPSA) is 66.9 Å². The molecule has 0 bridgehead atoms. The molecule has 2 heterocycles. The van der Waals surface area contributed by atoms with Gasteiger partial charge in [0.15, 0.2) is 0 Å². The average Bonchev–Trinajstić information content (AvgIpc) is 3.27. The third-order valence-electron chi connectivity index (χ3n) is 5.03. The van der Waals surface area contributed by atoms with Crippen LogP contribution in [0.3, 0.4) is 0 Å². The van der Waals surface area contributed by atoms with Gasteiger partial charge in [-0.05, 0) is 30.7 Å². The Morgan fingerprint density at radius 3 is 2.26 bits per heavy atom. The van der Waals surface area contributed by atoms with Gasteiger partial charge in [-0.1, -0.05) is 30.3 Å². The Labute approximate surface area is 157 Å². The molecule has 138 valence electrons. The van der Waals surface area contributed by atoms with Gasteiger partial charge >= 0.3 is 0 Å². The fraction of sp³-hybridized carbons (Fsp3) is 0.286. The maximum absolute atomic E-state index is 12.6. The van der Waals surface area contributed by atoms with Gasteiger partial charge < -0.3 is 9.64 Å². The number of nitrogens with zero attached hydrogens (tertiary/aromatic N) is 2. The SMILES string of the molecule is O=C(CCOc1ccccc1)N1CCC(N2C(=O)c3ccccc3C2=O)C1. The van der Waals surface area contributed by atoms with Crippen molar-refractivity contribution in [2.75, 3.05) is 19.7 Å². The summed E-state index contributed by atoms with van der Waals surface area (Å²) in [5, 5.41) is 0. The number of benzene rings is 2. The zero-order chi connectivity index (χ0) is 18.8. The molecule has 1 atom stereocenters. The predicted molar refractivity (Wildman–Crippen MR) is 98.5 cm³/mol. The van der Waals surface area contributed by atoms with Crippen LogP contribution in [0.1, 0.15) is 33.6 Å². The standard InChI is InChI=1S/C21H20N2O4/c24-19(11-13-27-16-6-2-1-3-7-16)22-12-10-15(14-22)23-20(25)17-8-4-5-9-18(17)21(23)26/h1-9,15H,10-14H2. The Hall–Kier alpha value is -3.15. The number of hydrogen-bond donors (Lipinski definition) is 0. The molecule has 2 aliphatic rings. The van der Waals surface area contributed by atoms with Crippen molar-refractivity contribution in [3.8, 4) is 5.75 Å². The molecule has 2 aliphatic heterocycles. The van der Waals surface area contributed by atoms with E-state index in [9.17, 15) is 14.4 Å². The number of ether oxygens (including phenoxy) is 1. The van der Waals surface area contributed by atoms with E-state index in [4.69, 9.17) is 4.74 Å². The van der Waals surface area contributed by atoms with E-state index in [-0.39, 0.29) is 30.2 Å². The Kier molecular flexibility index (Phi) is 4.62. The number of rotatable bonds is 5. The van der Waals surface area contributed by atoms with Gasteiger partial charge in [0.1, 0.15) is 5.75 Å². The van der Waals surface area contributed by atoms with Crippen LogP contribution in [0.25, 0.3) is 0 Å². The Bertz CT molecular complexity index is 846. The smallest absolute Gasteiger partial charge is 0.261 e. The van der Waals surface area contributed by atoms with E-state index < -0.39 is 0 Å². The molecule has 0 aliphatic carbocycles. The zero-order valence-corrected chi connectivity index (χ0v) is 14.8. The molecule has 6 heteroatoms. The molecule has 1 saturated heterocycles. The van der Waals surface area contributed by atoms with E-state index in [1.807, 2.05) is 30.3 Å². The Morgan fingerprint density at radius 1 is 0.963 bits per heavy atom. The normalized spacial score (nSPS) is 18.7. The number of carbonyl (C=O) groups is 3. The minimum atomic E-state index is -0.267. The summed E-state index contributed by atoms with van der Waals surface area (Å²) in [4.78, 5) is 40.6. The number of carbonyl (C=O) groups excluding carboxylic acids is 3. The van der Waals surface area contributed by atoms with Crippen molar-refractivity contribution in [1.82, 2.24) is 9.80 Å². The molecular formula is C21H20N2O4. The summed E-state index contributed by atoms with van der Waals surface area (Å²) >= 11 is 0. The lowest BCUT2D eigenvalue weighted by molar-refractivity contribution is -0.130. The number of imide groups is 1. The van der Waals surface area contributed by atoms with Crippen LogP contribution in [0.15, 0.2) is 54.6 Å². The van der Waals surface area contributed by atoms with Gasteiger partial charge in [0.05, 0.1) is 30.2 Å². The van der Waals surface area contributed by atoms with Crippen molar-refractivity contribution >= 4 is 17.7 Å². The summed E-state index contributed by atoms with van der Waals surface area (Å²) in [7, 11) is 0. The summed E-state index contributed by atoms with van der Waals surface area (Å²) < 4.78 is 5.57. The van der Waals surface area contributed by atoms with E-state index >= 15 is 0 Å². The molecule has 4 rings (SSSR count). The minimum Gasteiger partial charge on any atom is -0.493 e. The van der Waals surface area contributed by atoms with Crippen molar-refractivity contribution in [3.05, 3.63) is 65.7 Å². The second kappa shape index (κ2) is 7.23. The highest BCUT2D eigenvalue weighted by atomic mass is 16.5. The monoisotopic (exact) mass is 364 g/mol. The lowest BCUT2D eigenvalue weighted by Gasteiger charge is -2.22. The van der Waals surface area contributed by atoms with Gasteiger partial charge in [-0.2, -0.15) is 0 Å². The van der Waals surface area contributed by atoms with Crippen LogP contribution in [0.2, 0.25) is 0 Å². The first-order chi connectivity index (χ1) is 13.1. The van der Waals surface area contributed by atoms with Gasteiger partial charge in [-0.3, -0.25) is 19.3 Å². The highest BCUT2D eigenvalue weighted by Gasteiger charge is 2.42. The second-order valence-corrected chi connectivity index (χ2v) is 6.72. The van der Waals surface area contributed by atoms with E-state index in [1.165, 1.54) is 4.90 Å². The molecule has 2 aromatic carbocycles. The fourth-order valence-electron chi connectivity index (χ4n) is 3.65. The summed E-state index contributed by atoms with van der Waals surface area (Å²) in [6.07, 6.45) is 0.875. The number of fused-ring (bicyclic) bond motifs is 1. The molecule has 0 spiro atoms. The van der Waals surface area contributed by atoms with Gasteiger partial charge in [0, 0.05) is 13.1 Å². The van der Waals surface area contributed by atoms with Crippen LogP contribution in [-0.2, 0) is 4.79 Å². The first-order valence-corrected chi connectivity index (χ1v) is 9.07. The molecular weight excluding hydrogens is 344 g/mol. The van der Waals surface area contributed by atoms with E-state index in [2.05, 4.69) is 0 Å². The lowest BCUT2D eigenvalue weighted by Crippen LogP contribution is -2.42. The zero-order valence-electron chi connectivity index (χ0n) is 14.8. The molecule has 3 amide bonds. The Morgan fingerprint density at radius 2 is 1.59 bits per heavy atom. The minimum absolute atomic E-state index is 0.0231. The molecule has 0 radical (unpaired) electrons. The summed E-state index contributed by atoms with van der Waals surface area (Å²) in [6, 6.07) is 15.9. The highest BCUT2D eigenvalue weighted by Crippen LogP contribution is 2.28. The third kappa shape index (κ3) is 3.30. The number of hydrogen-bond acceptors (Lipinski definition) is 4. The number of amides is 3. The molecule has 0 N–H and O–H groups in total. The maximum atomic E-state index is 12.6. The second-order valence-electron chi connectivity index (χ2n) is 6.72. The highest BCUT2D eigenvalue weighted by molar-refractivity contribution is 6.21. The maximum Gasteiger partial charge on any atom is 0.261 e. The van der Waals surface area contributed by atoms with Gasteiger partial charge in [-0.25, -0.2) is 0 Å². The summed E-state index contributed by atoms with van der Waals surface area (Å²) in [6.45, 7) is 1.23. The molecule has 2 aromatic rings. The van der Waals surface area contributed by atoms with Crippen LogP contribution in [0, 0.1) is 0 Å². The molecule has 0 saturated carbocycles. The number of likely N-dealkylation sites (tertiary alicyclic amines) is 1. The lowest BCUT2D eigenvalue weighted by atomic mass is 10.1. The number of para-hydroxylation sites is 1. The largest absolute Gasteiger partial charge is 0.493 e. The van der Waals surface area contributed by atoms with Crippen molar-refractivity contribution in [2.45, 2.75) is 18.9 Å².